The van der Waals surface area contributed by atoms with Gasteiger partial charge in [0.2, 0.25) is 5.89 Å². The summed E-state index contributed by atoms with van der Waals surface area (Å²) in [4.78, 5) is 6.59. The molecule has 1 fully saturated rings. The lowest BCUT2D eigenvalue weighted by molar-refractivity contribution is 0.173. The van der Waals surface area contributed by atoms with Crippen LogP contribution in [0.2, 0.25) is 0 Å². The molecule has 2 aromatic rings. The fourth-order valence-electron chi connectivity index (χ4n) is 2.96. The molecule has 1 N–H and O–H groups in total. The predicted octanol–water partition coefficient (Wildman–Crippen LogP) is 2.15. The van der Waals surface area contributed by atoms with E-state index in [4.69, 9.17) is 9.26 Å². The van der Waals surface area contributed by atoms with E-state index in [2.05, 4.69) is 20.4 Å². The van der Waals surface area contributed by atoms with Crippen LogP contribution in [0, 0.1) is 12.7 Å². The Hall–Kier alpha value is -1.99. The van der Waals surface area contributed by atoms with Crippen LogP contribution in [0.4, 0.5) is 4.39 Å². The van der Waals surface area contributed by atoms with Gasteiger partial charge in [0.25, 0.3) is 0 Å². The monoisotopic (exact) mass is 334 g/mol. The zero-order valence-electron chi connectivity index (χ0n) is 13.9. The van der Waals surface area contributed by atoms with E-state index in [0.717, 1.165) is 44.8 Å². The third-order valence-electron chi connectivity index (χ3n) is 4.04. The van der Waals surface area contributed by atoms with E-state index < -0.39 is 0 Å². The van der Waals surface area contributed by atoms with Crippen LogP contribution >= 0.6 is 0 Å². The van der Waals surface area contributed by atoms with Gasteiger partial charge in [0.05, 0.1) is 6.54 Å². The Labute approximate surface area is 141 Å². The Kier molecular flexibility index (Phi) is 5.77. The van der Waals surface area contributed by atoms with Crippen LogP contribution in [0.1, 0.15) is 24.6 Å². The van der Waals surface area contributed by atoms with Gasteiger partial charge in [0, 0.05) is 32.1 Å². The van der Waals surface area contributed by atoms with Gasteiger partial charge in [-0.2, -0.15) is 4.98 Å². The topological polar surface area (TPSA) is 63.4 Å². The van der Waals surface area contributed by atoms with Crippen LogP contribution in [0.3, 0.4) is 0 Å². The maximum Gasteiger partial charge on any atom is 0.223 e. The molecule has 0 spiro atoms. The summed E-state index contributed by atoms with van der Waals surface area (Å²) in [6.45, 7) is 5.77. The Morgan fingerprint density at radius 2 is 2.38 bits per heavy atom. The number of hydrogen-bond donors (Lipinski definition) is 1. The first-order chi connectivity index (χ1) is 11.7. The van der Waals surface area contributed by atoms with E-state index in [9.17, 15) is 4.39 Å². The molecule has 1 aromatic carbocycles. The van der Waals surface area contributed by atoms with Crippen molar-refractivity contribution in [3.63, 3.8) is 0 Å². The number of ether oxygens (including phenoxy) is 1. The molecule has 1 aromatic heterocycles. The number of halogens is 1. The molecule has 3 rings (SSSR count). The van der Waals surface area contributed by atoms with Gasteiger partial charge in [-0.1, -0.05) is 11.2 Å². The van der Waals surface area contributed by atoms with Crippen molar-refractivity contribution in [2.24, 2.45) is 0 Å². The SMILES string of the molecule is Cc1nc(CN2CCCC(NCCOc3cccc(F)c3)C2)no1. The van der Waals surface area contributed by atoms with Gasteiger partial charge in [-0.25, -0.2) is 4.39 Å². The summed E-state index contributed by atoms with van der Waals surface area (Å²) in [5.74, 6) is 1.63. The van der Waals surface area contributed by atoms with Crippen molar-refractivity contribution < 1.29 is 13.7 Å². The van der Waals surface area contributed by atoms with Gasteiger partial charge in [-0.3, -0.25) is 4.90 Å². The van der Waals surface area contributed by atoms with Crippen molar-refractivity contribution in [3.05, 3.63) is 41.8 Å². The minimum absolute atomic E-state index is 0.278. The molecule has 1 aliphatic heterocycles. The zero-order chi connectivity index (χ0) is 16.8. The third kappa shape index (κ3) is 5.01. The summed E-state index contributed by atoms with van der Waals surface area (Å²) in [5, 5.41) is 7.45. The van der Waals surface area contributed by atoms with Gasteiger partial charge in [0.1, 0.15) is 18.2 Å². The van der Waals surface area contributed by atoms with E-state index >= 15 is 0 Å². The third-order valence-corrected chi connectivity index (χ3v) is 4.04. The van der Waals surface area contributed by atoms with Crippen molar-refractivity contribution in [2.45, 2.75) is 32.4 Å². The van der Waals surface area contributed by atoms with Crippen LogP contribution in [0.5, 0.6) is 5.75 Å². The molecule has 0 aliphatic carbocycles. The van der Waals surface area contributed by atoms with Crippen LogP contribution in [-0.2, 0) is 6.54 Å². The summed E-state index contributed by atoms with van der Waals surface area (Å²) in [6.07, 6.45) is 2.28. The zero-order valence-corrected chi connectivity index (χ0v) is 13.9. The second kappa shape index (κ2) is 8.21. The average molecular weight is 334 g/mol. The smallest absolute Gasteiger partial charge is 0.223 e. The second-order valence-corrected chi connectivity index (χ2v) is 6.06. The van der Waals surface area contributed by atoms with Crippen LogP contribution in [0.15, 0.2) is 28.8 Å². The number of hydrogen-bond acceptors (Lipinski definition) is 6. The molecule has 0 bridgehead atoms. The van der Waals surface area contributed by atoms with E-state index in [1.807, 2.05) is 0 Å². The molecule has 0 radical (unpaired) electrons. The molecule has 130 valence electrons. The number of aryl methyl sites for hydroxylation is 1. The maximum atomic E-state index is 13.1. The summed E-state index contributed by atoms with van der Waals surface area (Å²) >= 11 is 0. The summed E-state index contributed by atoms with van der Waals surface area (Å²) in [5.41, 5.74) is 0. The lowest BCUT2D eigenvalue weighted by Crippen LogP contribution is -2.46. The van der Waals surface area contributed by atoms with Gasteiger partial charge in [0.15, 0.2) is 5.82 Å². The molecule has 0 amide bonds. The Bertz CT molecular complexity index is 649. The van der Waals surface area contributed by atoms with E-state index in [-0.39, 0.29) is 5.82 Å². The summed E-state index contributed by atoms with van der Waals surface area (Å²) in [7, 11) is 0. The Balaban J connectivity index is 1.37. The predicted molar refractivity (Wildman–Crippen MR) is 87.2 cm³/mol. The average Bonchev–Trinajstić information content (AvgIpc) is 2.97. The number of nitrogens with one attached hydrogen (secondary N) is 1. The maximum absolute atomic E-state index is 13.1. The number of piperidine rings is 1. The summed E-state index contributed by atoms with van der Waals surface area (Å²) < 4.78 is 23.6. The molecular formula is C17H23FN4O2. The van der Waals surface area contributed by atoms with Gasteiger partial charge in [-0.05, 0) is 31.5 Å². The van der Waals surface area contributed by atoms with E-state index in [1.54, 1.807) is 19.1 Å². The first kappa shape index (κ1) is 16.9. The van der Waals surface area contributed by atoms with Crippen molar-refractivity contribution >= 4 is 0 Å². The molecule has 7 heteroatoms. The molecular weight excluding hydrogens is 311 g/mol. The number of rotatable bonds is 7. The standard InChI is InChI=1S/C17H23FN4O2/c1-13-20-17(21-24-13)12-22-8-3-5-15(11-22)19-7-9-23-16-6-2-4-14(18)10-16/h2,4,6,10,15,19H,3,5,7-9,11-12H2,1H3. The van der Waals surface area contributed by atoms with Crippen molar-refractivity contribution in [1.29, 1.82) is 0 Å². The number of nitrogens with zero attached hydrogens (tertiary/aromatic N) is 3. The van der Waals surface area contributed by atoms with Crippen molar-refractivity contribution in [2.75, 3.05) is 26.2 Å². The highest BCUT2D eigenvalue weighted by Gasteiger charge is 2.20. The molecule has 6 nitrogen and oxygen atoms in total. The number of likely N-dealkylation sites (tertiary alicyclic amines) is 1. The van der Waals surface area contributed by atoms with Crippen LogP contribution in [0.25, 0.3) is 0 Å². The van der Waals surface area contributed by atoms with Crippen molar-refractivity contribution in [1.82, 2.24) is 20.4 Å². The quantitative estimate of drug-likeness (QED) is 0.783. The number of aromatic nitrogens is 2. The lowest BCUT2D eigenvalue weighted by Gasteiger charge is -2.32. The molecule has 1 aliphatic rings. The Morgan fingerprint density at radius 3 is 3.17 bits per heavy atom. The van der Waals surface area contributed by atoms with Crippen LogP contribution < -0.4 is 10.1 Å². The molecule has 1 atom stereocenters. The fourth-order valence-corrected chi connectivity index (χ4v) is 2.96. The minimum Gasteiger partial charge on any atom is -0.492 e. The molecule has 1 unspecified atom stereocenters. The van der Waals surface area contributed by atoms with E-state index in [1.165, 1.54) is 12.1 Å². The largest absolute Gasteiger partial charge is 0.492 e. The number of benzene rings is 1. The Morgan fingerprint density at radius 1 is 1.46 bits per heavy atom. The van der Waals surface area contributed by atoms with Gasteiger partial charge >= 0.3 is 0 Å². The minimum atomic E-state index is -0.278. The first-order valence-electron chi connectivity index (χ1n) is 8.32. The van der Waals surface area contributed by atoms with E-state index in [0.29, 0.717) is 24.3 Å². The molecule has 1 saturated heterocycles. The molecule has 0 saturated carbocycles. The first-order valence-corrected chi connectivity index (χ1v) is 8.32. The van der Waals surface area contributed by atoms with Gasteiger partial charge < -0.3 is 14.6 Å². The highest BCUT2D eigenvalue weighted by Crippen LogP contribution is 2.13. The second-order valence-electron chi connectivity index (χ2n) is 6.06. The molecule has 24 heavy (non-hydrogen) atoms. The van der Waals surface area contributed by atoms with Crippen molar-refractivity contribution in [3.8, 4) is 5.75 Å². The normalized spacial score (nSPS) is 18.7. The fraction of sp³-hybridized carbons (Fsp3) is 0.529. The van der Waals surface area contributed by atoms with Crippen LogP contribution in [-0.4, -0.2) is 47.3 Å². The molecule has 2 heterocycles. The summed E-state index contributed by atoms with van der Waals surface area (Å²) in [6, 6.07) is 6.64. The highest BCUT2D eigenvalue weighted by molar-refractivity contribution is 5.22. The van der Waals surface area contributed by atoms with Gasteiger partial charge in [-0.15, -0.1) is 0 Å². The lowest BCUT2D eigenvalue weighted by atomic mass is 10.1. The highest BCUT2D eigenvalue weighted by atomic mass is 19.1.